The lowest BCUT2D eigenvalue weighted by molar-refractivity contribution is -0.153. The van der Waals surface area contributed by atoms with E-state index < -0.39 is 28.3 Å². The minimum atomic E-state index is -4.57. The SMILES string of the molecule is CC(C)(C)[S+]([O-])N[C@H](c1ccccc1OC1CC1)C(F)(F)F. The molecule has 1 aromatic carbocycles. The van der Waals surface area contributed by atoms with Crippen molar-refractivity contribution in [1.29, 1.82) is 0 Å². The van der Waals surface area contributed by atoms with Gasteiger partial charge in [-0.2, -0.15) is 13.2 Å². The number of alkyl halides is 3. The lowest BCUT2D eigenvalue weighted by Gasteiger charge is -2.29. The van der Waals surface area contributed by atoms with Gasteiger partial charge >= 0.3 is 6.18 Å². The van der Waals surface area contributed by atoms with Crippen molar-refractivity contribution in [2.45, 2.75) is 56.7 Å². The largest absolute Gasteiger partial charge is 0.598 e. The minimum Gasteiger partial charge on any atom is -0.598 e. The molecular formula is C15H20F3NO2S. The van der Waals surface area contributed by atoms with Crippen LogP contribution in [0.4, 0.5) is 13.2 Å². The molecule has 2 rings (SSSR count). The third kappa shape index (κ3) is 4.54. The molecule has 1 fully saturated rings. The second-order valence-electron chi connectivity index (χ2n) is 6.33. The zero-order valence-corrected chi connectivity index (χ0v) is 13.6. The quantitative estimate of drug-likeness (QED) is 0.831. The van der Waals surface area contributed by atoms with Crippen LogP contribution in [0.25, 0.3) is 0 Å². The van der Waals surface area contributed by atoms with Crippen LogP contribution in [0.15, 0.2) is 24.3 Å². The van der Waals surface area contributed by atoms with Gasteiger partial charge < -0.3 is 9.29 Å². The van der Waals surface area contributed by atoms with E-state index in [0.29, 0.717) is 0 Å². The lowest BCUT2D eigenvalue weighted by atomic mass is 10.1. The number of nitrogens with one attached hydrogen (secondary N) is 1. The molecule has 0 saturated heterocycles. The normalized spacial score (nSPS) is 18.9. The van der Waals surface area contributed by atoms with E-state index in [9.17, 15) is 17.7 Å². The zero-order chi connectivity index (χ0) is 16.5. The van der Waals surface area contributed by atoms with Gasteiger partial charge in [0.1, 0.15) is 10.5 Å². The lowest BCUT2D eigenvalue weighted by Crippen LogP contribution is -2.45. The number of hydrogen-bond acceptors (Lipinski definition) is 3. The molecule has 1 unspecified atom stereocenters. The Hall–Kier alpha value is -0.920. The number of hydrogen-bond donors (Lipinski definition) is 1. The topological polar surface area (TPSA) is 44.3 Å². The monoisotopic (exact) mass is 335 g/mol. The van der Waals surface area contributed by atoms with Crippen LogP contribution in [0.1, 0.15) is 45.2 Å². The van der Waals surface area contributed by atoms with E-state index in [1.54, 1.807) is 26.8 Å². The predicted octanol–water partition coefficient (Wildman–Crippen LogP) is 3.88. The molecule has 0 radical (unpaired) electrons. The van der Waals surface area contributed by atoms with Gasteiger partial charge in [-0.15, -0.1) is 4.72 Å². The third-order valence-corrected chi connectivity index (χ3v) is 4.72. The fourth-order valence-electron chi connectivity index (χ4n) is 1.78. The molecule has 1 N–H and O–H groups in total. The number of rotatable bonds is 5. The van der Waals surface area contributed by atoms with Crippen molar-refractivity contribution in [3.8, 4) is 5.75 Å². The average molecular weight is 335 g/mol. The molecule has 124 valence electrons. The van der Waals surface area contributed by atoms with Gasteiger partial charge in [-0.3, -0.25) is 0 Å². The highest BCUT2D eigenvalue weighted by molar-refractivity contribution is 7.90. The Labute approximate surface area is 131 Å². The molecule has 0 bridgehead atoms. The van der Waals surface area contributed by atoms with Gasteiger partial charge in [0, 0.05) is 16.9 Å². The summed E-state index contributed by atoms with van der Waals surface area (Å²) in [5, 5.41) is 0. The first-order chi connectivity index (χ1) is 10.1. The molecule has 1 saturated carbocycles. The number of benzene rings is 1. The van der Waals surface area contributed by atoms with Crippen LogP contribution in [0.2, 0.25) is 0 Å². The Bertz CT molecular complexity index is 512. The second kappa shape index (κ2) is 6.29. The maximum Gasteiger partial charge on any atom is 0.412 e. The van der Waals surface area contributed by atoms with Gasteiger partial charge in [0.05, 0.1) is 6.10 Å². The maximum atomic E-state index is 13.4. The molecule has 0 aromatic heterocycles. The first-order valence-corrected chi connectivity index (χ1v) is 8.24. The molecule has 3 nitrogen and oxygen atoms in total. The third-order valence-electron chi connectivity index (χ3n) is 3.16. The minimum absolute atomic E-state index is 0.0110. The first kappa shape index (κ1) is 17.4. The molecule has 0 spiro atoms. The van der Waals surface area contributed by atoms with Crippen LogP contribution in [-0.2, 0) is 11.4 Å². The summed E-state index contributed by atoms with van der Waals surface area (Å²) in [5.74, 6) is 0.200. The average Bonchev–Trinajstić information content (AvgIpc) is 3.18. The standard InChI is InChI=1S/C15H20F3NO2S/c1-14(2,3)22(20)19-13(15(16,17)18)11-6-4-5-7-12(11)21-10-8-9-10/h4-7,10,13,19H,8-9H2,1-3H3/t13-,22?/m1/s1. The number of halogens is 3. The Morgan fingerprint density at radius 3 is 2.32 bits per heavy atom. The van der Waals surface area contributed by atoms with Crippen LogP contribution in [0.3, 0.4) is 0 Å². The molecule has 0 aliphatic heterocycles. The molecule has 0 heterocycles. The van der Waals surface area contributed by atoms with Gasteiger partial charge in [-0.25, -0.2) is 0 Å². The Balaban J connectivity index is 2.29. The van der Waals surface area contributed by atoms with Crippen molar-refractivity contribution >= 4 is 11.4 Å². The van der Waals surface area contributed by atoms with Crippen molar-refractivity contribution in [3.63, 3.8) is 0 Å². The van der Waals surface area contributed by atoms with E-state index in [0.717, 1.165) is 12.8 Å². The smallest absolute Gasteiger partial charge is 0.412 e. The van der Waals surface area contributed by atoms with E-state index in [2.05, 4.69) is 4.72 Å². The van der Waals surface area contributed by atoms with Gasteiger partial charge in [0.2, 0.25) is 0 Å². The molecular weight excluding hydrogens is 315 g/mol. The van der Waals surface area contributed by atoms with Crippen LogP contribution in [0.5, 0.6) is 5.75 Å². The van der Waals surface area contributed by atoms with E-state index in [1.165, 1.54) is 18.2 Å². The Morgan fingerprint density at radius 1 is 1.23 bits per heavy atom. The van der Waals surface area contributed by atoms with Crippen LogP contribution in [-0.4, -0.2) is 21.6 Å². The van der Waals surface area contributed by atoms with E-state index in [-0.39, 0.29) is 17.4 Å². The molecule has 1 aliphatic carbocycles. The molecule has 0 amide bonds. The van der Waals surface area contributed by atoms with Crippen LogP contribution < -0.4 is 9.46 Å². The maximum absolute atomic E-state index is 13.4. The highest BCUT2D eigenvalue weighted by Crippen LogP contribution is 2.40. The van der Waals surface area contributed by atoms with Crippen molar-refractivity contribution in [2.75, 3.05) is 0 Å². The second-order valence-corrected chi connectivity index (χ2v) is 8.33. The summed E-state index contributed by atoms with van der Waals surface area (Å²) in [6.45, 7) is 4.86. The first-order valence-electron chi connectivity index (χ1n) is 7.09. The Morgan fingerprint density at radius 2 is 1.82 bits per heavy atom. The molecule has 1 aromatic rings. The predicted molar refractivity (Wildman–Crippen MR) is 79.9 cm³/mol. The summed E-state index contributed by atoms with van der Waals surface area (Å²) >= 11 is -1.85. The summed E-state index contributed by atoms with van der Waals surface area (Å²) in [6.07, 6.45) is -2.87. The summed E-state index contributed by atoms with van der Waals surface area (Å²) in [7, 11) is 0. The zero-order valence-electron chi connectivity index (χ0n) is 12.7. The molecule has 1 aliphatic rings. The van der Waals surface area contributed by atoms with E-state index >= 15 is 0 Å². The Kier molecular flexibility index (Phi) is 4.99. The highest BCUT2D eigenvalue weighted by atomic mass is 32.2. The fourth-order valence-corrected chi connectivity index (χ4v) is 2.61. The fraction of sp³-hybridized carbons (Fsp3) is 0.600. The highest BCUT2D eigenvalue weighted by Gasteiger charge is 2.47. The van der Waals surface area contributed by atoms with E-state index in [4.69, 9.17) is 4.74 Å². The van der Waals surface area contributed by atoms with Gasteiger partial charge in [0.25, 0.3) is 0 Å². The van der Waals surface area contributed by atoms with Gasteiger partial charge in [0.15, 0.2) is 6.04 Å². The van der Waals surface area contributed by atoms with Gasteiger partial charge in [-0.05, 0) is 39.7 Å². The molecule has 22 heavy (non-hydrogen) atoms. The van der Waals surface area contributed by atoms with Crippen LogP contribution in [0, 0.1) is 0 Å². The molecule has 7 heteroatoms. The number of ether oxygens (including phenoxy) is 1. The van der Waals surface area contributed by atoms with Crippen molar-refractivity contribution in [3.05, 3.63) is 29.8 Å². The van der Waals surface area contributed by atoms with Crippen molar-refractivity contribution in [2.24, 2.45) is 0 Å². The van der Waals surface area contributed by atoms with Crippen LogP contribution >= 0.6 is 0 Å². The van der Waals surface area contributed by atoms with E-state index in [1.807, 2.05) is 0 Å². The van der Waals surface area contributed by atoms with Gasteiger partial charge in [-0.1, -0.05) is 18.2 Å². The summed E-state index contributed by atoms with van der Waals surface area (Å²) < 4.78 is 59.4. The van der Waals surface area contributed by atoms with Crippen molar-refractivity contribution < 1.29 is 22.5 Å². The molecule has 2 atom stereocenters. The summed E-state index contributed by atoms with van der Waals surface area (Å²) in [4.78, 5) is 0. The number of para-hydroxylation sites is 1. The summed E-state index contributed by atoms with van der Waals surface area (Å²) in [6, 6.07) is 4.02. The summed E-state index contributed by atoms with van der Waals surface area (Å²) in [5.41, 5.74) is -0.0282. The van der Waals surface area contributed by atoms with Crippen molar-refractivity contribution in [1.82, 2.24) is 4.72 Å².